The van der Waals surface area contributed by atoms with Gasteiger partial charge in [0.1, 0.15) is 73.2 Å². The highest BCUT2D eigenvalue weighted by molar-refractivity contribution is 5.76. The van der Waals surface area contributed by atoms with Crippen molar-refractivity contribution in [2.75, 3.05) is 26.4 Å². The highest BCUT2D eigenvalue weighted by Gasteiger charge is 2.53. The number of aliphatic hydroxyl groups excluding tert-OH is 11. The lowest BCUT2D eigenvalue weighted by atomic mass is 9.96. The van der Waals surface area contributed by atoms with Crippen LogP contribution >= 0.6 is 0 Å². The molecular weight excluding hydrogens is 1120 g/mol. The summed E-state index contributed by atoms with van der Waals surface area (Å²) in [6.07, 6.45) is 29.0. The summed E-state index contributed by atoms with van der Waals surface area (Å²) in [5, 5.41) is 120. The Balaban J connectivity index is 1.35. The lowest BCUT2D eigenvalue weighted by Gasteiger charge is -2.48. The summed E-state index contributed by atoms with van der Waals surface area (Å²) >= 11 is 0. The van der Waals surface area contributed by atoms with E-state index in [4.69, 9.17) is 28.4 Å². The molecule has 0 aromatic rings. The zero-order chi connectivity index (χ0) is 63.3. The van der Waals surface area contributed by atoms with E-state index in [0.29, 0.717) is 12.8 Å². The summed E-state index contributed by atoms with van der Waals surface area (Å²) < 4.78 is 34.4. The molecule has 19 heteroatoms. The number of carbonyl (C=O) groups is 1. The summed E-state index contributed by atoms with van der Waals surface area (Å²) in [6.45, 7) is 1.77. The molecule has 87 heavy (non-hydrogen) atoms. The number of unbranched alkanes of at least 4 members (excludes halogenated alkanes) is 37. The highest BCUT2D eigenvalue weighted by atomic mass is 16.8. The van der Waals surface area contributed by atoms with Crippen molar-refractivity contribution < 1.29 is 89.4 Å². The molecule has 3 aliphatic rings. The van der Waals surface area contributed by atoms with Crippen LogP contribution in [0.2, 0.25) is 0 Å². The maximum atomic E-state index is 13.3. The standard InChI is InChI=1S/C68H129NO18/c1-3-5-7-9-11-13-15-16-17-18-19-20-21-22-23-24-25-26-27-28-29-30-31-32-33-34-36-37-39-41-43-45-52(73)51(69-56(74)46-44-42-40-38-35-14-12-10-8-6-4-2)50-82-66-62(80)59(77)64(54(48-71)84-66)87-68-63(81)60(78)65(55(49-72)85-68)86-67-61(79)58(76)57(75)53(47-70)83-67/h10,12,51-55,57-68,70-73,75-81H,3-9,11,13-50H2,1-2H3,(H,69,74)/b12-10-. The van der Waals surface area contributed by atoms with Crippen LogP contribution in [0.4, 0.5) is 0 Å². The lowest BCUT2D eigenvalue weighted by molar-refractivity contribution is -0.379. The Kier molecular flexibility index (Phi) is 46.8. The molecule has 3 saturated heterocycles. The third-order valence-electron chi connectivity index (χ3n) is 18.1. The zero-order valence-electron chi connectivity index (χ0n) is 54.3. The number of hydrogen-bond donors (Lipinski definition) is 12. The van der Waals surface area contributed by atoms with Crippen molar-refractivity contribution in [3.8, 4) is 0 Å². The number of hydrogen-bond acceptors (Lipinski definition) is 18. The Hall–Kier alpha value is -1.47. The Morgan fingerprint density at radius 2 is 0.736 bits per heavy atom. The highest BCUT2D eigenvalue weighted by Crippen LogP contribution is 2.33. The molecule has 19 nitrogen and oxygen atoms in total. The van der Waals surface area contributed by atoms with Crippen molar-refractivity contribution >= 4 is 5.91 Å². The molecule has 3 heterocycles. The van der Waals surface area contributed by atoms with Crippen molar-refractivity contribution in [1.82, 2.24) is 5.32 Å². The first kappa shape index (κ1) is 79.8. The average molecular weight is 1250 g/mol. The Morgan fingerprint density at radius 3 is 1.15 bits per heavy atom. The minimum absolute atomic E-state index is 0.250. The van der Waals surface area contributed by atoms with Gasteiger partial charge >= 0.3 is 0 Å². The van der Waals surface area contributed by atoms with E-state index in [1.54, 1.807) is 0 Å². The van der Waals surface area contributed by atoms with Gasteiger partial charge in [-0.2, -0.15) is 0 Å². The summed E-state index contributed by atoms with van der Waals surface area (Å²) in [5.41, 5.74) is 0. The first-order valence-electron chi connectivity index (χ1n) is 35.4. The molecule has 17 atom stereocenters. The number of carbonyl (C=O) groups excluding carboxylic acids is 1. The van der Waals surface area contributed by atoms with Gasteiger partial charge in [-0.1, -0.05) is 257 Å². The van der Waals surface area contributed by atoms with Crippen molar-refractivity contribution in [1.29, 1.82) is 0 Å². The van der Waals surface area contributed by atoms with Gasteiger partial charge < -0.3 is 89.9 Å². The van der Waals surface area contributed by atoms with Gasteiger partial charge in [0.05, 0.1) is 38.6 Å². The number of allylic oxidation sites excluding steroid dienone is 2. The number of amides is 1. The molecular formula is C68H129NO18. The van der Waals surface area contributed by atoms with Crippen LogP contribution in [0.25, 0.3) is 0 Å². The topological polar surface area (TPSA) is 307 Å². The van der Waals surface area contributed by atoms with Gasteiger partial charge in [-0.25, -0.2) is 0 Å². The summed E-state index contributed by atoms with van der Waals surface area (Å²) in [6, 6.07) is -0.888. The van der Waals surface area contributed by atoms with Crippen LogP contribution in [0.1, 0.15) is 284 Å². The van der Waals surface area contributed by atoms with Crippen LogP contribution in [0, 0.1) is 0 Å². The molecule has 0 radical (unpaired) electrons. The molecule has 0 spiro atoms. The first-order valence-corrected chi connectivity index (χ1v) is 35.4. The van der Waals surface area contributed by atoms with Gasteiger partial charge in [0, 0.05) is 6.42 Å². The monoisotopic (exact) mass is 1250 g/mol. The molecule has 0 aromatic heterocycles. The fourth-order valence-corrected chi connectivity index (χ4v) is 12.3. The van der Waals surface area contributed by atoms with Crippen molar-refractivity contribution in [3.05, 3.63) is 12.2 Å². The van der Waals surface area contributed by atoms with Crippen LogP contribution in [0.3, 0.4) is 0 Å². The van der Waals surface area contributed by atoms with E-state index in [2.05, 4.69) is 31.3 Å². The predicted octanol–water partition coefficient (Wildman–Crippen LogP) is 9.28. The summed E-state index contributed by atoms with van der Waals surface area (Å²) in [5.74, 6) is -0.250. The normalized spacial score (nSPS) is 28.6. The Bertz CT molecular complexity index is 1630. The Morgan fingerprint density at radius 1 is 0.402 bits per heavy atom. The Labute approximate surface area is 525 Å². The molecule has 12 N–H and O–H groups in total. The van der Waals surface area contributed by atoms with Crippen molar-refractivity contribution in [2.24, 2.45) is 0 Å². The molecule has 3 aliphatic heterocycles. The fraction of sp³-hybridized carbons (Fsp3) is 0.956. The van der Waals surface area contributed by atoms with E-state index in [9.17, 15) is 61.0 Å². The lowest BCUT2D eigenvalue weighted by Crippen LogP contribution is -2.66. The van der Waals surface area contributed by atoms with E-state index >= 15 is 0 Å². The first-order chi connectivity index (χ1) is 42.3. The number of aliphatic hydroxyl groups is 11. The molecule has 0 aliphatic carbocycles. The second kappa shape index (κ2) is 51.0. The summed E-state index contributed by atoms with van der Waals surface area (Å²) in [7, 11) is 0. The predicted molar refractivity (Wildman–Crippen MR) is 337 cm³/mol. The second-order valence-electron chi connectivity index (χ2n) is 25.7. The maximum absolute atomic E-state index is 13.3. The van der Waals surface area contributed by atoms with Gasteiger partial charge in [0.25, 0.3) is 0 Å². The van der Waals surface area contributed by atoms with E-state index in [0.717, 1.165) is 64.2 Å². The third kappa shape index (κ3) is 33.3. The molecule has 0 bridgehead atoms. The molecule has 1 amide bonds. The van der Waals surface area contributed by atoms with E-state index < -0.39 is 124 Å². The van der Waals surface area contributed by atoms with Crippen LogP contribution < -0.4 is 5.32 Å². The van der Waals surface area contributed by atoms with Gasteiger partial charge in [-0.15, -0.1) is 0 Å². The van der Waals surface area contributed by atoms with Gasteiger partial charge in [-0.05, 0) is 32.1 Å². The van der Waals surface area contributed by atoms with Crippen molar-refractivity contribution in [2.45, 2.75) is 388 Å². The number of nitrogens with one attached hydrogen (secondary N) is 1. The fourth-order valence-electron chi connectivity index (χ4n) is 12.3. The minimum Gasteiger partial charge on any atom is -0.394 e. The zero-order valence-corrected chi connectivity index (χ0v) is 54.3. The van der Waals surface area contributed by atoms with E-state index in [1.807, 2.05) is 0 Å². The van der Waals surface area contributed by atoms with E-state index in [-0.39, 0.29) is 18.9 Å². The maximum Gasteiger partial charge on any atom is 0.220 e. The van der Waals surface area contributed by atoms with E-state index in [1.165, 1.54) is 186 Å². The average Bonchev–Trinajstić information content (AvgIpc) is 3.20. The molecule has 3 rings (SSSR count). The van der Waals surface area contributed by atoms with Crippen LogP contribution in [0.15, 0.2) is 12.2 Å². The summed E-state index contributed by atoms with van der Waals surface area (Å²) in [4.78, 5) is 13.3. The number of rotatable bonds is 55. The molecule has 0 aromatic carbocycles. The van der Waals surface area contributed by atoms with Gasteiger partial charge in [0.2, 0.25) is 5.91 Å². The van der Waals surface area contributed by atoms with Crippen LogP contribution in [0.5, 0.6) is 0 Å². The van der Waals surface area contributed by atoms with Crippen LogP contribution in [-0.2, 0) is 33.2 Å². The molecule has 17 unspecified atom stereocenters. The SMILES string of the molecule is CCCC/C=C\CCCCCCCC(=O)NC(COC1OC(CO)C(OC2OC(CO)C(OC3OC(CO)C(O)C(O)C3O)C(O)C2O)C(O)C1O)C(O)CCCCCCCCCCCCCCCCCCCCCCCCCCCCCCCCC. The third-order valence-corrected chi connectivity index (χ3v) is 18.1. The van der Waals surface area contributed by atoms with Gasteiger partial charge in [0.15, 0.2) is 18.9 Å². The molecule has 514 valence electrons. The van der Waals surface area contributed by atoms with Crippen molar-refractivity contribution in [3.63, 3.8) is 0 Å². The molecule has 3 fully saturated rings. The number of ether oxygens (including phenoxy) is 6. The van der Waals surface area contributed by atoms with Gasteiger partial charge in [-0.3, -0.25) is 4.79 Å². The smallest absolute Gasteiger partial charge is 0.220 e. The van der Waals surface area contributed by atoms with Crippen LogP contribution in [-0.4, -0.2) is 193 Å². The quantitative estimate of drug-likeness (QED) is 0.0199. The second-order valence-corrected chi connectivity index (χ2v) is 25.7. The molecule has 0 saturated carbocycles. The largest absolute Gasteiger partial charge is 0.394 e. The minimum atomic E-state index is -1.97.